The number of carboxylic acid groups (broad SMARTS) is 1. The minimum atomic E-state index is -1.21. The summed E-state index contributed by atoms with van der Waals surface area (Å²) in [7, 11) is 0. The highest BCUT2D eigenvalue weighted by molar-refractivity contribution is 5.84. The molecule has 130 valence electrons. The highest BCUT2D eigenvalue weighted by Gasteiger charge is 2.35. The zero-order valence-corrected chi connectivity index (χ0v) is 13.3. The number of hydrogen-bond acceptors (Lipinski definition) is 6. The van der Waals surface area contributed by atoms with Gasteiger partial charge in [0.1, 0.15) is 6.10 Å². The molecule has 0 spiro atoms. The van der Waals surface area contributed by atoms with Gasteiger partial charge < -0.3 is 20.9 Å². The van der Waals surface area contributed by atoms with Crippen LogP contribution in [0.1, 0.15) is 12.5 Å². The van der Waals surface area contributed by atoms with E-state index in [2.05, 4.69) is 10.8 Å². The minimum Gasteiger partial charge on any atom is -0.480 e. The van der Waals surface area contributed by atoms with Gasteiger partial charge in [-0.1, -0.05) is 30.3 Å². The predicted molar refractivity (Wildman–Crippen MR) is 85.4 cm³/mol. The number of hydroxylamine groups is 1. The fourth-order valence-electron chi connectivity index (χ4n) is 2.37. The molecule has 0 saturated carbocycles. The monoisotopic (exact) mass is 335 g/mol. The Balaban J connectivity index is 1.92. The predicted octanol–water partition coefficient (Wildman–Crippen LogP) is -0.0929. The number of hydrogen-bond donors (Lipinski definition) is 4. The second kappa shape index (κ2) is 8.44. The molecular formula is C16H21N3O5. The Labute approximate surface area is 139 Å². The Hall–Kier alpha value is -2.42. The normalized spacial score (nSPS) is 23.1. The van der Waals surface area contributed by atoms with Gasteiger partial charge >= 0.3 is 5.97 Å². The summed E-state index contributed by atoms with van der Waals surface area (Å²) in [6.45, 7) is 1.86. The van der Waals surface area contributed by atoms with Gasteiger partial charge in [0.2, 0.25) is 11.7 Å². The first-order chi connectivity index (χ1) is 11.5. The molecule has 1 aliphatic heterocycles. The number of nitrogens with two attached hydrogens (primary N) is 1. The molecule has 1 aromatic carbocycles. The summed E-state index contributed by atoms with van der Waals surface area (Å²) in [5, 5.41) is 11.8. The van der Waals surface area contributed by atoms with Crippen molar-refractivity contribution in [2.75, 3.05) is 6.54 Å². The molecule has 0 aliphatic carbocycles. The van der Waals surface area contributed by atoms with Crippen LogP contribution >= 0.6 is 0 Å². The molecule has 5 N–H and O–H groups in total. The second-order valence-electron chi connectivity index (χ2n) is 5.42. The Bertz CT molecular complexity index is 605. The summed E-state index contributed by atoms with van der Waals surface area (Å²) in [4.78, 5) is 27.8. The molecule has 0 aromatic heterocycles. The van der Waals surface area contributed by atoms with Crippen LogP contribution in [-0.2, 0) is 25.8 Å². The molecule has 2 unspecified atom stereocenters. The molecule has 1 aromatic rings. The molecule has 2 rings (SSSR count). The Morgan fingerprint density at radius 1 is 1.33 bits per heavy atom. The number of ether oxygens (including phenoxy) is 1. The van der Waals surface area contributed by atoms with Gasteiger partial charge in [0, 0.05) is 6.92 Å². The molecule has 3 atom stereocenters. The van der Waals surface area contributed by atoms with Crippen molar-refractivity contribution in [1.82, 2.24) is 10.8 Å². The summed E-state index contributed by atoms with van der Waals surface area (Å²) in [6, 6.07) is 8.32. The number of carbonyl (C=O) groups excluding carboxylic acids is 1. The summed E-state index contributed by atoms with van der Waals surface area (Å²) >= 11 is 0. The zero-order chi connectivity index (χ0) is 17.5. The van der Waals surface area contributed by atoms with Crippen molar-refractivity contribution >= 4 is 11.9 Å². The lowest BCUT2D eigenvalue weighted by Gasteiger charge is -2.35. The van der Waals surface area contributed by atoms with Crippen LogP contribution in [0.5, 0.6) is 0 Å². The largest absolute Gasteiger partial charge is 0.480 e. The van der Waals surface area contributed by atoms with Crippen LogP contribution in [-0.4, -0.2) is 41.7 Å². The van der Waals surface area contributed by atoms with Gasteiger partial charge in [-0.05, 0) is 11.6 Å². The van der Waals surface area contributed by atoms with E-state index in [0.29, 0.717) is 6.61 Å². The van der Waals surface area contributed by atoms with Gasteiger partial charge in [0.05, 0.1) is 25.2 Å². The van der Waals surface area contributed by atoms with E-state index >= 15 is 0 Å². The molecule has 1 heterocycles. The maximum absolute atomic E-state index is 11.3. The lowest BCUT2D eigenvalue weighted by atomic mass is 9.99. The van der Waals surface area contributed by atoms with Gasteiger partial charge in [-0.2, -0.15) is 5.48 Å². The van der Waals surface area contributed by atoms with E-state index < -0.39 is 24.2 Å². The van der Waals surface area contributed by atoms with E-state index in [1.165, 1.54) is 13.0 Å². The van der Waals surface area contributed by atoms with Crippen molar-refractivity contribution in [3.8, 4) is 0 Å². The van der Waals surface area contributed by atoms with Crippen LogP contribution in [0.3, 0.4) is 0 Å². The van der Waals surface area contributed by atoms with Crippen LogP contribution in [0.4, 0.5) is 0 Å². The van der Waals surface area contributed by atoms with Gasteiger partial charge in [-0.3, -0.25) is 9.63 Å². The molecule has 1 amide bonds. The van der Waals surface area contributed by atoms with Crippen molar-refractivity contribution in [2.24, 2.45) is 5.73 Å². The highest BCUT2D eigenvalue weighted by atomic mass is 16.6. The molecule has 24 heavy (non-hydrogen) atoms. The Morgan fingerprint density at radius 3 is 2.67 bits per heavy atom. The quantitative estimate of drug-likeness (QED) is 0.405. The van der Waals surface area contributed by atoms with Crippen molar-refractivity contribution in [1.29, 1.82) is 0 Å². The summed E-state index contributed by atoms with van der Waals surface area (Å²) < 4.78 is 5.41. The number of benzene rings is 1. The first-order valence-corrected chi connectivity index (χ1v) is 7.50. The van der Waals surface area contributed by atoms with Crippen LogP contribution in [0, 0.1) is 0 Å². The third-order valence-electron chi connectivity index (χ3n) is 3.49. The van der Waals surface area contributed by atoms with Crippen molar-refractivity contribution in [2.45, 2.75) is 31.7 Å². The number of nitrogens with one attached hydrogen (secondary N) is 2. The third-order valence-corrected chi connectivity index (χ3v) is 3.49. The van der Waals surface area contributed by atoms with Crippen LogP contribution in [0.15, 0.2) is 42.2 Å². The molecular weight excluding hydrogens is 314 g/mol. The first-order valence-electron chi connectivity index (χ1n) is 7.50. The standard InChI is InChI=1S/C16H21N3O5/c1-10(20)19-15-12(17)7-13(16(21)22)24-14(15)8-18-23-9-11-5-3-2-4-6-11/h2-7,12,14-15,18H,8-9,17H2,1H3,(H,19,20)(H,21,22)/t12-,14?,15?/m1/s1. The molecule has 0 bridgehead atoms. The summed E-state index contributed by atoms with van der Waals surface area (Å²) in [6.07, 6.45) is 0.611. The molecule has 0 saturated heterocycles. The second-order valence-corrected chi connectivity index (χ2v) is 5.42. The molecule has 0 fully saturated rings. The first kappa shape index (κ1) is 17.9. The van der Waals surface area contributed by atoms with Crippen molar-refractivity contribution < 1.29 is 24.3 Å². The average molecular weight is 335 g/mol. The number of carbonyl (C=O) groups is 2. The number of rotatable bonds is 7. The lowest BCUT2D eigenvalue weighted by molar-refractivity contribution is -0.139. The molecule has 8 nitrogen and oxygen atoms in total. The average Bonchev–Trinajstić information content (AvgIpc) is 2.54. The van der Waals surface area contributed by atoms with Crippen LogP contribution in [0.25, 0.3) is 0 Å². The van der Waals surface area contributed by atoms with E-state index in [9.17, 15) is 9.59 Å². The third kappa shape index (κ3) is 5.05. The van der Waals surface area contributed by atoms with Crippen LogP contribution < -0.4 is 16.5 Å². The van der Waals surface area contributed by atoms with E-state index in [-0.39, 0.29) is 18.2 Å². The van der Waals surface area contributed by atoms with Gasteiger partial charge in [-0.15, -0.1) is 0 Å². The number of amides is 1. The number of aliphatic carboxylic acids is 1. The van der Waals surface area contributed by atoms with E-state index in [1.54, 1.807) is 0 Å². The maximum Gasteiger partial charge on any atom is 0.370 e. The van der Waals surface area contributed by atoms with E-state index in [4.69, 9.17) is 20.4 Å². The topological polar surface area (TPSA) is 123 Å². The maximum atomic E-state index is 11.3. The van der Waals surface area contributed by atoms with E-state index in [1.807, 2.05) is 30.3 Å². The fraction of sp³-hybridized carbons (Fsp3) is 0.375. The summed E-state index contributed by atoms with van der Waals surface area (Å²) in [5.74, 6) is -1.72. The fourth-order valence-corrected chi connectivity index (χ4v) is 2.37. The lowest BCUT2D eigenvalue weighted by Crippen LogP contribution is -2.58. The Morgan fingerprint density at radius 2 is 2.04 bits per heavy atom. The minimum absolute atomic E-state index is 0.163. The summed E-state index contributed by atoms with van der Waals surface area (Å²) in [5.41, 5.74) is 9.66. The van der Waals surface area contributed by atoms with Crippen LogP contribution in [0.2, 0.25) is 0 Å². The highest BCUT2D eigenvalue weighted by Crippen LogP contribution is 2.17. The van der Waals surface area contributed by atoms with Crippen molar-refractivity contribution in [3.63, 3.8) is 0 Å². The smallest absolute Gasteiger partial charge is 0.370 e. The zero-order valence-electron chi connectivity index (χ0n) is 13.3. The molecule has 0 radical (unpaired) electrons. The SMILES string of the molecule is CC(=O)NC1C(CNOCc2ccccc2)OC(C(=O)O)=C[C@H]1N. The van der Waals surface area contributed by atoms with Gasteiger partial charge in [-0.25, -0.2) is 4.79 Å². The number of carboxylic acids is 1. The molecule has 1 aliphatic rings. The molecule has 8 heteroatoms. The Kier molecular flexibility index (Phi) is 6.30. The van der Waals surface area contributed by atoms with Crippen molar-refractivity contribution in [3.05, 3.63) is 47.7 Å². The van der Waals surface area contributed by atoms with E-state index in [0.717, 1.165) is 5.56 Å². The van der Waals surface area contributed by atoms with Gasteiger partial charge in [0.25, 0.3) is 0 Å². The van der Waals surface area contributed by atoms with Gasteiger partial charge in [0.15, 0.2) is 0 Å².